The predicted molar refractivity (Wildman–Crippen MR) is 79.8 cm³/mol. The number of benzene rings is 2. The zero-order chi connectivity index (χ0) is 16.4. The summed E-state index contributed by atoms with van der Waals surface area (Å²) in [5, 5.41) is 11.6. The molecule has 3 rings (SSSR count). The van der Waals surface area contributed by atoms with E-state index in [2.05, 4.69) is 0 Å². The Bertz CT molecular complexity index is 792. The Morgan fingerprint density at radius 2 is 1.96 bits per heavy atom. The molecule has 0 atom stereocenters. The van der Waals surface area contributed by atoms with Gasteiger partial charge in [-0.2, -0.15) is 0 Å². The van der Waals surface area contributed by atoms with Crippen molar-refractivity contribution in [3.63, 3.8) is 0 Å². The molecule has 0 bridgehead atoms. The molecule has 0 aliphatic carbocycles. The minimum Gasteiger partial charge on any atom is -0.457 e. The summed E-state index contributed by atoms with van der Waals surface area (Å²) in [5.74, 6) is -0.352. The molecule has 0 fully saturated rings. The van der Waals surface area contributed by atoms with Crippen LogP contribution in [-0.4, -0.2) is 17.7 Å². The molecular weight excluding hydrogens is 326 g/mol. The maximum Gasteiger partial charge on any atom is 0.345 e. The van der Waals surface area contributed by atoms with Gasteiger partial charge in [0.1, 0.15) is 12.2 Å². The van der Waals surface area contributed by atoms with E-state index in [4.69, 9.17) is 25.8 Å². The van der Waals surface area contributed by atoms with Crippen LogP contribution >= 0.6 is 11.6 Å². The van der Waals surface area contributed by atoms with Crippen LogP contribution in [-0.2, 0) is 11.3 Å². The molecule has 2 aromatic carbocycles. The second kappa shape index (κ2) is 6.13. The molecule has 8 heteroatoms. The summed E-state index contributed by atoms with van der Waals surface area (Å²) in [4.78, 5) is 22.7. The highest BCUT2D eigenvalue weighted by Crippen LogP contribution is 2.38. The van der Waals surface area contributed by atoms with Crippen LogP contribution in [0, 0.1) is 10.1 Å². The van der Waals surface area contributed by atoms with E-state index in [1.165, 1.54) is 6.07 Å². The third-order valence-electron chi connectivity index (χ3n) is 3.22. The third kappa shape index (κ3) is 3.04. The summed E-state index contributed by atoms with van der Waals surface area (Å²) in [6.45, 7) is -0.144. The first-order valence-electron chi connectivity index (χ1n) is 6.55. The van der Waals surface area contributed by atoms with Crippen molar-refractivity contribution in [1.29, 1.82) is 0 Å². The van der Waals surface area contributed by atoms with E-state index in [9.17, 15) is 14.9 Å². The van der Waals surface area contributed by atoms with Gasteiger partial charge >= 0.3 is 5.97 Å². The Balaban J connectivity index is 1.84. The van der Waals surface area contributed by atoms with E-state index < -0.39 is 16.6 Å². The van der Waals surface area contributed by atoms with Gasteiger partial charge in [-0.25, -0.2) is 4.79 Å². The maximum atomic E-state index is 12.2. The number of halogens is 1. The third-order valence-corrected chi connectivity index (χ3v) is 3.59. The normalized spacial score (nSPS) is 12.0. The van der Waals surface area contributed by atoms with E-state index in [1.807, 2.05) is 0 Å². The smallest absolute Gasteiger partial charge is 0.345 e. The van der Waals surface area contributed by atoms with Crippen molar-refractivity contribution in [2.24, 2.45) is 0 Å². The van der Waals surface area contributed by atoms with Crippen molar-refractivity contribution in [2.45, 2.75) is 6.61 Å². The number of nitro benzene ring substituents is 1. The van der Waals surface area contributed by atoms with Crippen LogP contribution in [0.4, 0.5) is 5.69 Å². The lowest BCUT2D eigenvalue weighted by Gasteiger charge is -2.07. The maximum absolute atomic E-state index is 12.2. The molecule has 1 aliphatic heterocycles. The lowest BCUT2D eigenvalue weighted by atomic mass is 10.1. The minimum atomic E-state index is -0.838. The van der Waals surface area contributed by atoms with E-state index in [0.29, 0.717) is 10.6 Å². The van der Waals surface area contributed by atoms with E-state index in [-0.39, 0.29) is 30.5 Å². The second-order valence-corrected chi connectivity index (χ2v) is 5.05. The number of hydrogen-bond donors (Lipinski definition) is 0. The molecule has 2 aromatic rings. The molecule has 23 heavy (non-hydrogen) atoms. The van der Waals surface area contributed by atoms with Crippen LogP contribution in [0.2, 0.25) is 5.02 Å². The zero-order valence-electron chi connectivity index (χ0n) is 11.7. The number of nitro groups is 1. The van der Waals surface area contributed by atoms with E-state index in [1.54, 1.807) is 24.3 Å². The highest BCUT2D eigenvalue weighted by molar-refractivity contribution is 6.31. The highest BCUT2D eigenvalue weighted by Gasteiger charge is 2.28. The van der Waals surface area contributed by atoms with Crippen LogP contribution in [0.25, 0.3) is 0 Å². The number of carbonyl (C=O) groups is 1. The Hall–Kier alpha value is -2.80. The van der Waals surface area contributed by atoms with Crippen molar-refractivity contribution in [1.82, 2.24) is 0 Å². The van der Waals surface area contributed by atoms with Crippen LogP contribution in [0.15, 0.2) is 36.4 Å². The second-order valence-electron chi connectivity index (χ2n) is 4.65. The SMILES string of the molecule is O=C(OCc1ccccc1Cl)c1cc2c(cc1[N+](=O)[O-])OCO2. The van der Waals surface area contributed by atoms with Crippen LogP contribution < -0.4 is 9.47 Å². The molecule has 7 nitrogen and oxygen atoms in total. The largest absolute Gasteiger partial charge is 0.457 e. The van der Waals surface area contributed by atoms with E-state index >= 15 is 0 Å². The van der Waals surface area contributed by atoms with Gasteiger partial charge in [0, 0.05) is 16.7 Å². The zero-order valence-corrected chi connectivity index (χ0v) is 12.4. The summed E-state index contributed by atoms with van der Waals surface area (Å²) in [6, 6.07) is 9.25. The Morgan fingerprint density at radius 1 is 1.26 bits per heavy atom. The fraction of sp³-hybridized carbons (Fsp3) is 0.133. The minimum absolute atomic E-state index is 0.0510. The molecule has 0 unspecified atom stereocenters. The Labute approximate surface area is 135 Å². The fourth-order valence-electron chi connectivity index (χ4n) is 2.08. The summed E-state index contributed by atoms with van der Waals surface area (Å²) in [5.41, 5.74) is -0.00405. The van der Waals surface area contributed by atoms with Crippen LogP contribution in [0.3, 0.4) is 0 Å². The average Bonchev–Trinajstić information content (AvgIpc) is 3.00. The summed E-state index contributed by atoms with van der Waals surface area (Å²) in [7, 11) is 0. The average molecular weight is 336 g/mol. The molecule has 1 aliphatic rings. The van der Waals surface area contributed by atoms with Gasteiger partial charge in [-0.1, -0.05) is 29.8 Å². The van der Waals surface area contributed by atoms with Crippen molar-refractivity contribution < 1.29 is 23.9 Å². The first-order valence-corrected chi connectivity index (χ1v) is 6.92. The first kappa shape index (κ1) is 15.1. The highest BCUT2D eigenvalue weighted by atomic mass is 35.5. The number of hydrogen-bond acceptors (Lipinski definition) is 6. The van der Waals surface area contributed by atoms with Gasteiger partial charge in [0.05, 0.1) is 11.0 Å². The summed E-state index contributed by atoms with van der Waals surface area (Å²) in [6.07, 6.45) is 0. The van der Waals surface area contributed by atoms with Gasteiger partial charge in [-0.05, 0) is 6.07 Å². The van der Waals surface area contributed by atoms with Crippen molar-refractivity contribution >= 4 is 23.3 Å². The Morgan fingerprint density at radius 3 is 2.65 bits per heavy atom. The Kier molecular flexibility index (Phi) is 4.03. The number of fused-ring (bicyclic) bond motifs is 1. The molecule has 0 saturated carbocycles. The summed E-state index contributed by atoms with van der Waals surface area (Å²) < 4.78 is 15.3. The summed E-state index contributed by atoms with van der Waals surface area (Å²) >= 11 is 5.98. The van der Waals surface area contributed by atoms with Crippen molar-refractivity contribution in [2.75, 3.05) is 6.79 Å². The fourth-order valence-corrected chi connectivity index (χ4v) is 2.27. The molecule has 118 valence electrons. The molecule has 0 aromatic heterocycles. The van der Waals surface area contributed by atoms with Crippen molar-refractivity contribution in [3.05, 3.63) is 62.7 Å². The lowest BCUT2D eigenvalue weighted by molar-refractivity contribution is -0.385. The number of ether oxygens (including phenoxy) is 3. The molecule has 0 amide bonds. The standard InChI is InChI=1S/C15H10ClNO6/c16-11-4-2-1-3-9(11)7-21-15(18)10-5-13-14(23-8-22-13)6-12(10)17(19)20/h1-6H,7-8H2. The number of nitrogens with zero attached hydrogens (tertiary/aromatic N) is 1. The molecule has 1 heterocycles. The quantitative estimate of drug-likeness (QED) is 0.484. The van der Waals surface area contributed by atoms with Crippen LogP contribution in [0.5, 0.6) is 11.5 Å². The van der Waals surface area contributed by atoms with Crippen LogP contribution in [0.1, 0.15) is 15.9 Å². The molecule has 0 spiro atoms. The monoisotopic (exact) mass is 335 g/mol. The lowest BCUT2D eigenvalue weighted by Crippen LogP contribution is -2.08. The predicted octanol–water partition coefficient (Wildman–Crippen LogP) is 3.33. The molecule has 0 N–H and O–H groups in total. The number of carbonyl (C=O) groups excluding carboxylic acids is 1. The molecule has 0 radical (unpaired) electrons. The first-order chi connectivity index (χ1) is 11.1. The van der Waals surface area contributed by atoms with Gasteiger partial charge in [0.25, 0.3) is 5.69 Å². The van der Waals surface area contributed by atoms with E-state index in [0.717, 1.165) is 6.07 Å². The molecule has 0 saturated heterocycles. The topological polar surface area (TPSA) is 87.9 Å². The van der Waals surface area contributed by atoms with Crippen molar-refractivity contribution in [3.8, 4) is 11.5 Å². The number of rotatable bonds is 4. The van der Waals surface area contributed by atoms with Gasteiger partial charge in [0.15, 0.2) is 11.5 Å². The number of esters is 1. The van der Waals surface area contributed by atoms with Gasteiger partial charge in [-0.3, -0.25) is 10.1 Å². The molecular formula is C15H10ClNO6. The van der Waals surface area contributed by atoms with Gasteiger partial charge < -0.3 is 14.2 Å². The van der Waals surface area contributed by atoms with Gasteiger partial charge in [-0.15, -0.1) is 0 Å². The van der Waals surface area contributed by atoms with Gasteiger partial charge in [0.2, 0.25) is 6.79 Å².